The van der Waals surface area contributed by atoms with Crippen molar-refractivity contribution in [1.29, 1.82) is 0 Å². The fourth-order valence-electron chi connectivity index (χ4n) is 8.89. The molecule has 0 saturated carbocycles. The van der Waals surface area contributed by atoms with Crippen LogP contribution in [0.5, 0.6) is 11.5 Å². The highest BCUT2D eigenvalue weighted by Gasteiger charge is 2.21. The summed E-state index contributed by atoms with van der Waals surface area (Å²) < 4.78 is 0. The summed E-state index contributed by atoms with van der Waals surface area (Å²) in [6.45, 7) is 50.7. The van der Waals surface area contributed by atoms with Gasteiger partial charge in [-0.3, -0.25) is 9.80 Å². The molecule has 15 N–H and O–H groups in total. The molecule has 0 heterocycles. The average molecular weight is 1130 g/mol. The molecule has 2 rings (SSSR count). The highest BCUT2D eigenvalue weighted by atomic mass is 16.3. The van der Waals surface area contributed by atoms with E-state index in [1.54, 1.807) is 24.3 Å². The maximum atomic E-state index is 9.59. The van der Waals surface area contributed by atoms with Crippen LogP contribution in [0.4, 0.5) is 0 Å². The van der Waals surface area contributed by atoms with Gasteiger partial charge in [0.05, 0.1) is 13.2 Å². The molecule has 0 spiro atoms. The monoisotopic (exact) mass is 1130 g/mol. The molecule has 0 aliphatic carbocycles. The van der Waals surface area contributed by atoms with Crippen LogP contribution in [0.2, 0.25) is 0 Å². The highest BCUT2D eigenvalue weighted by Crippen LogP contribution is 2.15. The van der Waals surface area contributed by atoms with E-state index in [4.69, 9.17) is 38.3 Å². The number of benzene rings is 2. The largest absolute Gasteiger partial charge is 0.508 e. The van der Waals surface area contributed by atoms with Crippen LogP contribution < -0.4 is 33.6 Å². The molecule has 0 bridgehead atoms. The summed E-state index contributed by atoms with van der Waals surface area (Å²) in [6.07, 6.45) is 3.02. The first-order valence-electron chi connectivity index (χ1n) is 30.2. The van der Waals surface area contributed by atoms with Gasteiger partial charge in [0.1, 0.15) is 11.5 Å². The summed E-state index contributed by atoms with van der Waals surface area (Å²) >= 11 is 0. The molecule has 5 unspecified atom stereocenters. The number of hydrogen-bond donors (Lipinski definition) is 11. The third-order valence-electron chi connectivity index (χ3n) is 14.0. The van der Waals surface area contributed by atoms with E-state index in [9.17, 15) is 10.2 Å². The van der Waals surface area contributed by atoms with E-state index in [1.165, 1.54) is 12.0 Å². The van der Waals surface area contributed by atoms with Crippen LogP contribution in [0.15, 0.2) is 48.5 Å². The summed E-state index contributed by atoms with van der Waals surface area (Å²) in [6, 6.07) is 15.5. The molecular weight excluding hydrogens is 995 g/mol. The zero-order chi connectivity index (χ0) is 59.5. The Labute approximate surface area is 486 Å². The molecule has 0 aliphatic rings. The third-order valence-corrected chi connectivity index (χ3v) is 14.0. The molecule has 0 aliphatic heterocycles. The van der Waals surface area contributed by atoms with Crippen molar-refractivity contribution in [2.75, 3.05) is 184 Å². The first kappa shape index (κ1) is 82.9. The van der Waals surface area contributed by atoms with Crippen molar-refractivity contribution in [3.8, 4) is 11.5 Å². The molecule has 470 valence electrons. The number of likely N-dealkylation sites (N-methyl/N-ethyl adjacent to an activating group) is 6. The fourth-order valence-corrected chi connectivity index (χ4v) is 8.89. The van der Waals surface area contributed by atoms with Crippen LogP contribution in [-0.4, -0.2) is 268 Å². The van der Waals surface area contributed by atoms with E-state index >= 15 is 0 Å². The Kier molecular flexibility index (Phi) is 60.0. The quantitative estimate of drug-likeness (QED) is 0.0422. The van der Waals surface area contributed by atoms with Gasteiger partial charge < -0.3 is 83.6 Å². The summed E-state index contributed by atoms with van der Waals surface area (Å²) in [5.74, 6) is 1.04. The van der Waals surface area contributed by atoms with Gasteiger partial charge in [0, 0.05) is 116 Å². The lowest BCUT2D eigenvalue weighted by Crippen LogP contribution is -2.47. The molecule has 5 atom stereocenters. The lowest BCUT2D eigenvalue weighted by atomic mass is 10.0. The number of rotatable bonds is 41. The molecule has 2 aromatic carbocycles. The van der Waals surface area contributed by atoms with Crippen molar-refractivity contribution < 1.29 is 25.5 Å². The first-order valence-corrected chi connectivity index (χ1v) is 30.2. The normalized spacial score (nSPS) is 13.2. The average Bonchev–Trinajstić information content (AvgIpc) is 3.44. The highest BCUT2D eigenvalue weighted by molar-refractivity contribution is 5.27. The molecule has 0 aromatic heterocycles. The lowest BCUT2D eigenvalue weighted by molar-refractivity contribution is 0.0915. The van der Waals surface area contributed by atoms with E-state index in [0.717, 1.165) is 156 Å². The summed E-state index contributed by atoms with van der Waals surface area (Å²) in [5, 5.41) is 51.5. The zero-order valence-corrected chi connectivity index (χ0v) is 52.4. The van der Waals surface area contributed by atoms with Gasteiger partial charge >= 0.3 is 0 Å². The minimum absolute atomic E-state index is 0. The summed E-state index contributed by atoms with van der Waals surface area (Å²) in [5.41, 5.74) is 24.3. The number of nitrogens with one attached hydrogen (secondary N) is 2. The van der Waals surface area contributed by atoms with Crippen LogP contribution in [-0.2, 0) is 12.8 Å². The Bertz CT molecular complexity index is 1510. The third kappa shape index (κ3) is 45.6. The van der Waals surface area contributed by atoms with E-state index < -0.39 is 0 Å². The van der Waals surface area contributed by atoms with Gasteiger partial charge in [-0.15, -0.1) is 0 Å². The van der Waals surface area contributed by atoms with Gasteiger partial charge in [0.25, 0.3) is 0 Å². The van der Waals surface area contributed by atoms with Crippen molar-refractivity contribution in [2.45, 2.75) is 134 Å². The number of aromatic hydroxyl groups is 2. The maximum absolute atomic E-state index is 9.59. The van der Waals surface area contributed by atoms with Gasteiger partial charge in [-0.05, 0) is 140 Å². The van der Waals surface area contributed by atoms with Crippen LogP contribution in [0.25, 0.3) is 0 Å². The number of aliphatic hydroxyl groups excluding tert-OH is 3. The Hall–Kier alpha value is -2.60. The summed E-state index contributed by atoms with van der Waals surface area (Å²) in [4.78, 5) is 17.1. The Morgan fingerprint density at radius 3 is 1.16 bits per heavy atom. The van der Waals surface area contributed by atoms with Crippen molar-refractivity contribution in [2.24, 2.45) is 28.9 Å². The number of nitrogens with two attached hydrogens (primary N) is 4. The van der Waals surface area contributed by atoms with Crippen LogP contribution in [0.1, 0.15) is 108 Å². The SMILES string of the molecule is C.CCCN(C)CC(C)CO.CCN(CC)CCN(CC)CC(CO)N(CC)CC.CCN(CC)CCN(CC)CC(Cc1ccc(O)cc1)N(CC)CC.NCCNCC(N)CO.NCCNCC(N)Cc1ccc(O)cc1. The van der Waals surface area contributed by atoms with E-state index in [2.05, 4.69) is 147 Å². The number of phenols is 2. The van der Waals surface area contributed by atoms with Crippen LogP contribution in [0, 0.1) is 5.92 Å². The van der Waals surface area contributed by atoms with Crippen LogP contribution >= 0.6 is 0 Å². The molecule has 0 radical (unpaired) electrons. The molecule has 2 aromatic rings. The molecule has 79 heavy (non-hydrogen) atoms. The van der Waals surface area contributed by atoms with Crippen molar-refractivity contribution >= 4 is 0 Å². The number of aliphatic hydroxyl groups is 3. The summed E-state index contributed by atoms with van der Waals surface area (Å²) in [7, 11) is 2.09. The second kappa shape index (κ2) is 57.2. The van der Waals surface area contributed by atoms with Gasteiger partial charge in [0.2, 0.25) is 0 Å². The van der Waals surface area contributed by atoms with E-state index in [0.29, 0.717) is 44.0 Å². The van der Waals surface area contributed by atoms with E-state index in [1.807, 2.05) is 12.1 Å². The Balaban J connectivity index is -0.000000466. The maximum Gasteiger partial charge on any atom is 0.115 e. The molecule has 18 nitrogen and oxygen atoms in total. The van der Waals surface area contributed by atoms with Gasteiger partial charge in [-0.1, -0.05) is 115 Å². The molecular formula is C61H131N13O5. The number of nitrogens with zero attached hydrogens (tertiary/aromatic N) is 7. The standard InChI is InChI=1S/C21H39N3O.C15H35N3O.C11H19N3O.C8H19NO.C5H15N3O.CH4/c1-6-22(7-2)15-16-23(8-3)18-20(24(9-4)10-5)17-19-11-13-21(25)14-12-19;1-6-16(7-2)11-12-17(8-3)13-15(14-19)18(9-4)10-5;12-5-6-14-8-10(13)7-9-1-3-11(15)4-2-9;1-4-5-9(3)6-8(2)7-10;6-1-2-8-3-5(7)4-9;/h11-14,20,25H,6-10,15-18H2,1-5H3;15,19H,6-14H2,1-5H3;1-4,10,14-15H,5-8,12-13H2;8,10H,4-7H2,1-3H3;5,8-9H,1-4,6-7H2;1H4. The molecule has 0 saturated heterocycles. The second-order valence-corrected chi connectivity index (χ2v) is 20.3. The predicted molar refractivity (Wildman–Crippen MR) is 342 cm³/mol. The Morgan fingerprint density at radius 2 is 0.823 bits per heavy atom. The zero-order valence-electron chi connectivity index (χ0n) is 52.4. The minimum atomic E-state index is -0.156. The second-order valence-electron chi connectivity index (χ2n) is 20.3. The Morgan fingerprint density at radius 1 is 0.456 bits per heavy atom. The molecule has 0 amide bonds. The van der Waals surface area contributed by atoms with Gasteiger partial charge in [-0.25, -0.2) is 0 Å². The van der Waals surface area contributed by atoms with Crippen molar-refractivity contribution in [1.82, 2.24) is 44.9 Å². The minimum Gasteiger partial charge on any atom is -0.508 e. The molecule has 0 fully saturated rings. The lowest BCUT2D eigenvalue weighted by Gasteiger charge is -2.35. The van der Waals surface area contributed by atoms with Gasteiger partial charge in [0.15, 0.2) is 0 Å². The number of hydrogen-bond acceptors (Lipinski definition) is 18. The molecule has 18 heteroatoms. The topological polar surface area (TPSA) is 252 Å². The van der Waals surface area contributed by atoms with E-state index in [-0.39, 0.29) is 44.5 Å². The fraction of sp³-hybridized carbons (Fsp3) is 0.803. The predicted octanol–water partition coefficient (Wildman–Crippen LogP) is 3.92. The first-order chi connectivity index (χ1) is 37.5. The van der Waals surface area contributed by atoms with Crippen molar-refractivity contribution in [3.05, 3.63) is 59.7 Å². The van der Waals surface area contributed by atoms with Crippen LogP contribution in [0.3, 0.4) is 0 Å². The van der Waals surface area contributed by atoms with Gasteiger partial charge in [-0.2, -0.15) is 0 Å². The number of phenolic OH excluding ortho intramolecular Hbond substituents is 2. The smallest absolute Gasteiger partial charge is 0.115 e. The van der Waals surface area contributed by atoms with Crippen molar-refractivity contribution in [3.63, 3.8) is 0 Å².